The number of aromatic nitrogens is 4. The maximum atomic E-state index is 10.1. The molecule has 10 heteroatoms. The van der Waals surface area contributed by atoms with Crippen LogP contribution < -0.4 is 5.73 Å². The van der Waals surface area contributed by atoms with Crippen molar-refractivity contribution in [1.29, 1.82) is 0 Å². The summed E-state index contributed by atoms with van der Waals surface area (Å²) in [6, 6.07) is 0. The van der Waals surface area contributed by atoms with Gasteiger partial charge in [-0.3, -0.25) is 4.57 Å². The molecule has 0 spiro atoms. The zero-order valence-electron chi connectivity index (χ0n) is 10.1. The quantitative estimate of drug-likeness (QED) is 0.485. The molecular formula is C10H12ClN5O4. The maximum Gasteiger partial charge on any atom is 0.255 e. The van der Waals surface area contributed by atoms with Crippen LogP contribution in [0.3, 0.4) is 0 Å². The summed E-state index contributed by atoms with van der Waals surface area (Å²) in [6.45, 7) is -0.490. The van der Waals surface area contributed by atoms with E-state index in [1.165, 1.54) is 17.1 Å². The summed E-state index contributed by atoms with van der Waals surface area (Å²) in [4.78, 5) is 11.8. The molecule has 0 aromatic carbocycles. The van der Waals surface area contributed by atoms with E-state index in [0.717, 1.165) is 0 Å². The Kier molecular flexibility index (Phi) is 3.03. The van der Waals surface area contributed by atoms with Crippen molar-refractivity contribution in [3.63, 3.8) is 0 Å². The summed E-state index contributed by atoms with van der Waals surface area (Å²) in [7, 11) is 0. The summed E-state index contributed by atoms with van der Waals surface area (Å²) in [5.41, 5.74) is 6.16. The number of hydrogen-bond acceptors (Lipinski definition) is 8. The van der Waals surface area contributed by atoms with Gasteiger partial charge in [-0.2, -0.15) is 4.98 Å². The Morgan fingerprint density at radius 3 is 2.85 bits per heavy atom. The first-order valence-electron chi connectivity index (χ1n) is 5.77. The third kappa shape index (κ3) is 1.75. The highest BCUT2D eigenvalue weighted by molar-refractivity contribution is 6.22. The highest BCUT2D eigenvalue weighted by Crippen LogP contribution is 2.40. The maximum absolute atomic E-state index is 10.1. The molecule has 0 bridgehead atoms. The molecule has 5 N–H and O–H groups in total. The van der Waals surface area contributed by atoms with E-state index in [0.29, 0.717) is 5.52 Å². The number of anilines is 1. The zero-order chi connectivity index (χ0) is 14.5. The Bertz CT molecular complexity index is 652. The Hall–Kier alpha value is -1.52. The molecule has 3 rings (SSSR count). The van der Waals surface area contributed by atoms with Crippen molar-refractivity contribution in [1.82, 2.24) is 19.5 Å². The van der Waals surface area contributed by atoms with E-state index in [2.05, 4.69) is 15.0 Å². The second-order valence-corrected chi connectivity index (χ2v) is 4.98. The van der Waals surface area contributed by atoms with Crippen molar-refractivity contribution >= 4 is 28.7 Å². The molecule has 1 saturated heterocycles. The zero-order valence-corrected chi connectivity index (χ0v) is 10.8. The van der Waals surface area contributed by atoms with Gasteiger partial charge in [0.1, 0.15) is 30.2 Å². The molecule has 2 aromatic heterocycles. The third-order valence-electron chi connectivity index (χ3n) is 3.20. The molecule has 3 heterocycles. The van der Waals surface area contributed by atoms with Gasteiger partial charge in [0.25, 0.3) is 5.18 Å². The van der Waals surface area contributed by atoms with Crippen molar-refractivity contribution in [3.05, 3.63) is 12.5 Å². The Morgan fingerprint density at radius 1 is 1.45 bits per heavy atom. The molecule has 1 fully saturated rings. The average molecular weight is 302 g/mol. The molecule has 1 aliphatic heterocycles. The molecule has 20 heavy (non-hydrogen) atoms. The van der Waals surface area contributed by atoms with E-state index >= 15 is 0 Å². The van der Waals surface area contributed by atoms with Gasteiger partial charge >= 0.3 is 0 Å². The first kappa shape index (κ1) is 13.5. The van der Waals surface area contributed by atoms with E-state index in [1.807, 2.05) is 0 Å². The van der Waals surface area contributed by atoms with Crippen LogP contribution in [0, 0.1) is 0 Å². The summed E-state index contributed by atoms with van der Waals surface area (Å²) >= 11 is 6.27. The number of fused-ring (bicyclic) bond motifs is 1. The largest absolute Gasteiger partial charge is 0.394 e. The number of nitrogens with zero attached hydrogens (tertiary/aromatic N) is 4. The molecule has 0 radical (unpaired) electrons. The molecule has 1 unspecified atom stereocenters. The van der Waals surface area contributed by atoms with Crippen LogP contribution in [-0.2, 0) is 9.92 Å². The highest BCUT2D eigenvalue weighted by atomic mass is 35.5. The minimum Gasteiger partial charge on any atom is -0.394 e. The normalized spacial score (nSPS) is 33.9. The minimum atomic E-state index is -1.83. The van der Waals surface area contributed by atoms with E-state index in [9.17, 15) is 10.2 Å². The van der Waals surface area contributed by atoms with Crippen LogP contribution >= 0.6 is 11.6 Å². The minimum absolute atomic E-state index is 0.00580. The molecule has 0 saturated carbocycles. The third-order valence-corrected chi connectivity index (χ3v) is 3.70. The van der Waals surface area contributed by atoms with Gasteiger partial charge in [-0.25, -0.2) is 9.97 Å². The Balaban J connectivity index is 2.12. The summed E-state index contributed by atoms with van der Waals surface area (Å²) in [6.07, 6.45) is -1.14. The number of nitrogens with two attached hydrogens (primary N) is 1. The monoisotopic (exact) mass is 301 g/mol. The smallest absolute Gasteiger partial charge is 0.255 e. The lowest BCUT2D eigenvalue weighted by Crippen LogP contribution is -2.41. The molecule has 1 aliphatic rings. The fourth-order valence-corrected chi connectivity index (χ4v) is 2.52. The summed E-state index contributed by atoms with van der Waals surface area (Å²) < 4.78 is 6.59. The number of aliphatic hydroxyl groups excluding tert-OH is 3. The second kappa shape index (κ2) is 4.50. The number of ether oxygens (including phenoxy) is 1. The van der Waals surface area contributed by atoms with Gasteiger partial charge in [0.05, 0.1) is 12.8 Å². The van der Waals surface area contributed by atoms with E-state index < -0.39 is 30.1 Å². The lowest BCUT2D eigenvalue weighted by atomic mass is 10.1. The fourth-order valence-electron chi connectivity index (χ4n) is 2.16. The van der Waals surface area contributed by atoms with Crippen LogP contribution in [0.25, 0.3) is 11.2 Å². The Labute approximate surface area is 117 Å². The molecule has 9 nitrogen and oxygen atoms in total. The van der Waals surface area contributed by atoms with Crippen LogP contribution in [0.2, 0.25) is 0 Å². The van der Waals surface area contributed by atoms with Crippen LogP contribution in [-0.4, -0.2) is 59.8 Å². The van der Waals surface area contributed by atoms with E-state index in [-0.39, 0.29) is 11.6 Å². The predicted octanol–water partition coefficient (Wildman–Crippen LogP) is -1.63. The number of nitrogen functional groups attached to an aromatic ring is 1. The standard InChI is InChI=1S/C10H12ClN5O4/c11-10(7(19)6(18)5(2-17)20-10)16-3-14-4-1-13-9(12)15-8(4)16/h1,3,5-7,17-19H,2H2,(H2,12,13,15)/t5-,6-,7-,10?/m1/s1. The van der Waals surface area contributed by atoms with E-state index in [1.54, 1.807) is 0 Å². The Morgan fingerprint density at radius 2 is 2.20 bits per heavy atom. The van der Waals surface area contributed by atoms with Crippen LogP contribution in [0.4, 0.5) is 5.95 Å². The first-order valence-corrected chi connectivity index (χ1v) is 6.15. The van der Waals surface area contributed by atoms with Gasteiger partial charge in [0.2, 0.25) is 5.95 Å². The molecule has 2 aromatic rings. The van der Waals surface area contributed by atoms with Gasteiger partial charge in [0.15, 0.2) is 5.65 Å². The SMILES string of the molecule is Nc1ncc2ncn(C3(Cl)O[C@H](CO)[C@@H](O)[C@H]3O)c2n1. The molecule has 0 amide bonds. The fraction of sp³-hybridized carbons (Fsp3) is 0.500. The lowest BCUT2D eigenvalue weighted by Gasteiger charge is -2.26. The van der Waals surface area contributed by atoms with Crippen LogP contribution in [0.5, 0.6) is 0 Å². The molecule has 108 valence electrons. The number of imidazole rings is 1. The van der Waals surface area contributed by atoms with E-state index in [4.69, 9.17) is 27.2 Å². The highest BCUT2D eigenvalue weighted by Gasteiger charge is 2.55. The predicted molar refractivity (Wildman–Crippen MR) is 67.5 cm³/mol. The van der Waals surface area contributed by atoms with Gasteiger partial charge in [-0.15, -0.1) is 0 Å². The molecular weight excluding hydrogens is 290 g/mol. The van der Waals surface area contributed by atoms with Crippen molar-refractivity contribution in [2.75, 3.05) is 12.3 Å². The number of hydrogen-bond donors (Lipinski definition) is 4. The van der Waals surface area contributed by atoms with Crippen LogP contribution in [0.1, 0.15) is 0 Å². The lowest BCUT2D eigenvalue weighted by molar-refractivity contribution is -0.0838. The van der Waals surface area contributed by atoms with Crippen molar-refractivity contribution in [2.45, 2.75) is 23.5 Å². The number of halogens is 1. The number of aliphatic hydroxyl groups is 3. The van der Waals surface area contributed by atoms with Crippen molar-refractivity contribution in [3.8, 4) is 0 Å². The summed E-state index contributed by atoms with van der Waals surface area (Å²) in [5, 5.41) is 27.2. The summed E-state index contributed by atoms with van der Waals surface area (Å²) in [5.74, 6) is 0.00580. The van der Waals surface area contributed by atoms with Gasteiger partial charge in [0, 0.05) is 0 Å². The van der Waals surface area contributed by atoms with Gasteiger partial charge < -0.3 is 25.8 Å². The molecule has 0 aliphatic carbocycles. The number of rotatable bonds is 2. The van der Waals surface area contributed by atoms with Crippen molar-refractivity contribution in [2.24, 2.45) is 0 Å². The first-order chi connectivity index (χ1) is 9.47. The van der Waals surface area contributed by atoms with Gasteiger partial charge in [-0.05, 0) is 0 Å². The average Bonchev–Trinajstić information content (AvgIpc) is 2.94. The van der Waals surface area contributed by atoms with Gasteiger partial charge in [-0.1, -0.05) is 11.6 Å². The second-order valence-electron chi connectivity index (χ2n) is 4.43. The van der Waals surface area contributed by atoms with Crippen LogP contribution in [0.15, 0.2) is 12.5 Å². The topological polar surface area (TPSA) is 140 Å². The molecule has 4 atom stereocenters. The van der Waals surface area contributed by atoms with Crippen molar-refractivity contribution < 1.29 is 20.1 Å². The number of alkyl halides is 1.